The number of rotatable bonds is 7. The van der Waals surface area contributed by atoms with Crippen LogP contribution in [0.15, 0.2) is 200 Å². The average molecular weight is 887 g/mol. The van der Waals surface area contributed by atoms with E-state index in [0.717, 1.165) is 23.7 Å². The Labute approximate surface area is 404 Å². The van der Waals surface area contributed by atoms with Gasteiger partial charge in [-0.25, -0.2) is 0 Å². The summed E-state index contributed by atoms with van der Waals surface area (Å²) in [5.74, 6) is 4.03. The molecule has 10 aromatic rings. The molecule has 0 aliphatic heterocycles. The minimum atomic E-state index is 0.112. The van der Waals surface area contributed by atoms with E-state index in [1.54, 1.807) is 11.1 Å². The van der Waals surface area contributed by atoms with Crippen LogP contribution in [-0.2, 0) is 5.41 Å². The van der Waals surface area contributed by atoms with Crippen LogP contribution in [0.5, 0.6) is 0 Å². The van der Waals surface area contributed by atoms with Crippen molar-refractivity contribution in [2.24, 2.45) is 29.1 Å². The first-order valence-corrected chi connectivity index (χ1v) is 26.1. The van der Waals surface area contributed by atoms with Gasteiger partial charge in [0.05, 0.1) is 22.4 Å². The molecule has 5 saturated carbocycles. The van der Waals surface area contributed by atoms with Crippen LogP contribution in [0.2, 0.25) is 0 Å². The van der Waals surface area contributed by atoms with E-state index in [1.165, 1.54) is 146 Å². The van der Waals surface area contributed by atoms with Gasteiger partial charge in [0.15, 0.2) is 0 Å². The Balaban J connectivity index is 0.940. The summed E-state index contributed by atoms with van der Waals surface area (Å²) in [5.41, 5.74) is 20.7. The fourth-order valence-electron chi connectivity index (χ4n) is 16.7. The standard InChI is InChI=1S/C67H54N2/c1-3-17-42(18-4-1)50-27-15-19-43-20-16-28-56(65(43)50)54-26-10-14-32-61(54)69(48-34-36-52-51-24-7-11-29-57(51)67(58(52)41-48)63-39-45-38-46-40-64(67)66(45,46)63)59-30-12-8-23-49(59)44-33-35-55-53-25-9-13-31-60(53)68(62(55)37-44)47-21-5-2-6-22-47/h2,5-16,19-37,41-42,45-46,63-64H,1,3-4,17-18,38-40H2. The highest BCUT2D eigenvalue weighted by molar-refractivity contribution is 6.11. The zero-order chi connectivity index (χ0) is 45.0. The molecular formula is C67H54N2. The van der Waals surface area contributed by atoms with Gasteiger partial charge in [-0.05, 0) is 165 Å². The molecule has 4 atom stereocenters. The molecule has 0 saturated heterocycles. The first-order valence-electron chi connectivity index (χ1n) is 26.1. The fourth-order valence-corrected chi connectivity index (χ4v) is 16.7. The molecule has 2 heteroatoms. The van der Waals surface area contributed by atoms with Gasteiger partial charge < -0.3 is 9.47 Å². The molecule has 2 nitrogen and oxygen atoms in total. The van der Waals surface area contributed by atoms with Gasteiger partial charge in [0.1, 0.15) is 0 Å². The van der Waals surface area contributed by atoms with E-state index in [1.807, 2.05) is 0 Å². The molecule has 0 bridgehead atoms. The SMILES string of the molecule is c1ccc(-n2c3ccccc3c3ccc(-c4ccccc4N(c4ccc5c(c4)C4(c6ccccc6-5)C5CC6CC7CC4C675)c4ccccc4-c4cccc5cccc(C6CCCCC6)c45)cc32)cc1. The second-order valence-electron chi connectivity index (χ2n) is 21.7. The molecule has 332 valence electrons. The van der Waals surface area contributed by atoms with E-state index in [4.69, 9.17) is 0 Å². The number of anilines is 3. The first kappa shape index (κ1) is 38.8. The van der Waals surface area contributed by atoms with Crippen molar-refractivity contribution in [1.29, 1.82) is 0 Å². The Morgan fingerprint density at radius 3 is 1.91 bits per heavy atom. The van der Waals surface area contributed by atoms with E-state index in [9.17, 15) is 0 Å². The van der Waals surface area contributed by atoms with Crippen molar-refractivity contribution >= 4 is 49.6 Å². The number of hydrogen-bond donors (Lipinski definition) is 0. The van der Waals surface area contributed by atoms with Gasteiger partial charge in [0.2, 0.25) is 0 Å². The predicted octanol–water partition coefficient (Wildman–Crippen LogP) is 17.7. The molecule has 16 rings (SSSR count). The lowest BCUT2D eigenvalue weighted by molar-refractivity contribution is -0.412. The topological polar surface area (TPSA) is 8.17 Å². The fraction of sp³-hybridized carbons (Fsp3) is 0.224. The summed E-state index contributed by atoms with van der Waals surface area (Å²) < 4.78 is 2.45. The van der Waals surface area contributed by atoms with Gasteiger partial charge in [-0.1, -0.05) is 171 Å². The molecule has 1 aromatic heterocycles. The Hall–Kier alpha value is -7.16. The summed E-state index contributed by atoms with van der Waals surface area (Å²) in [6.45, 7) is 0. The van der Waals surface area contributed by atoms with Crippen molar-refractivity contribution in [2.75, 3.05) is 4.90 Å². The normalized spacial score (nSPS) is 24.7. The molecule has 6 aliphatic rings. The Bertz CT molecular complexity index is 3730. The summed E-state index contributed by atoms with van der Waals surface area (Å²) in [5, 5.41) is 5.31. The second kappa shape index (κ2) is 14.2. The minimum Gasteiger partial charge on any atom is -0.309 e. The van der Waals surface area contributed by atoms with Crippen LogP contribution in [0.3, 0.4) is 0 Å². The lowest BCUT2D eigenvalue weighted by Crippen LogP contribution is -2.88. The van der Waals surface area contributed by atoms with Gasteiger partial charge in [-0.2, -0.15) is 0 Å². The summed E-state index contributed by atoms with van der Waals surface area (Å²) in [6, 6.07) is 76.9. The minimum absolute atomic E-state index is 0.112. The third-order valence-corrected chi connectivity index (χ3v) is 19.3. The molecule has 6 aliphatic carbocycles. The maximum atomic E-state index is 2.68. The van der Waals surface area contributed by atoms with Crippen LogP contribution in [0.25, 0.3) is 71.6 Å². The third kappa shape index (κ3) is 4.92. The van der Waals surface area contributed by atoms with Crippen LogP contribution in [0.1, 0.15) is 74.0 Å². The largest absolute Gasteiger partial charge is 0.309 e. The molecule has 5 fully saturated rings. The molecule has 9 aromatic carbocycles. The molecular weight excluding hydrogens is 833 g/mol. The number of fused-ring (bicyclic) bond motifs is 11. The first-order chi connectivity index (χ1) is 34.2. The number of nitrogens with zero attached hydrogens (tertiary/aromatic N) is 2. The molecule has 1 heterocycles. The average Bonchev–Trinajstić information content (AvgIpc) is 3.89. The smallest absolute Gasteiger partial charge is 0.0547 e. The second-order valence-corrected chi connectivity index (χ2v) is 21.7. The van der Waals surface area contributed by atoms with Crippen molar-refractivity contribution in [3.63, 3.8) is 0 Å². The molecule has 0 radical (unpaired) electrons. The number of hydrogen-bond acceptors (Lipinski definition) is 1. The number of benzene rings is 9. The molecule has 4 unspecified atom stereocenters. The zero-order valence-corrected chi connectivity index (χ0v) is 39.0. The van der Waals surface area contributed by atoms with Crippen LogP contribution < -0.4 is 4.90 Å². The summed E-state index contributed by atoms with van der Waals surface area (Å²) in [7, 11) is 0. The van der Waals surface area contributed by atoms with Gasteiger partial charge in [-0.3, -0.25) is 0 Å². The summed E-state index contributed by atoms with van der Waals surface area (Å²) >= 11 is 0. The highest BCUT2D eigenvalue weighted by atomic mass is 15.1. The maximum Gasteiger partial charge on any atom is 0.0547 e. The molecule has 69 heavy (non-hydrogen) atoms. The van der Waals surface area contributed by atoms with Gasteiger partial charge in [0.25, 0.3) is 0 Å². The Kier molecular flexibility index (Phi) is 7.98. The Morgan fingerprint density at radius 1 is 0.449 bits per heavy atom. The number of para-hydroxylation sites is 4. The van der Waals surface area contributed by atoms with E-state index < -0.39 is 0 Å². The zero-order valence-electron chi connectivity index (χ0n) is 39.0. The van der Waals surface area contributed by atoms with Crippen molar-refractivity contribution < 1.29 is 0 Å². The maximum absolute atomic E-state index is 2.68. The molecule has 2 spiro atoms. The van der Waals surface area contributed by atoms with Crippen molar-refractivity contribution in [3.05, 3.63) is 217 Å². The van der Waals surface area contributed by atoms with Crippen molar-refractivity contribution in [3.8, 4) is 39.1 Å². The van der Waals surface area contributed by atoms with Gasteiger partial charge >= 0.3 is 0 Å². The monoisotopic (exact) mass is 886 g/mol. The third-order valence-electron chi connectivity index (χ3n) is 19.3. The lowest BCUT2D eigenvalue weighted by atomic mass is 9.11. The number of aromatic nitrogens is 1. The highest BCUT2D eigenvalue weighted by Gasteiger charge is 2.90. The van der Waals surface area contributed by atoms with E-state index >= 15 is 0 Å². The lowest BCUT2D eigenvalue weighted by Gasteiger charge is -2.92. The van der Waals surface area contributed by atoms with E-state index in [-0.39, 0.29) is 5.41 Å². The van der Waals surface area contributed by atoms with E-state index in [0.29, 0.717) is 11.3 Å². The summed E-state index contributed by atoms with van der Waals surface area (Å²) in [6.07, 6.45) is 10.8. The van der Waals surface area contributed by atoms with Gasteiger partial charge in [0, 0.05) is 38.7 Å². The summed E-state index contributed by atoms with van der Waals surface area (Å²) in [4.78, 5) is 2.66. The Morgan fingerprint density at radius 2 is 1.10 bits per heavy atom. The van der Waals surface area contributed by atoms with Crippen LogP contribution in [0, 0.1) is 29.1 Å². The van der Waals surface area contributed by atoms with Crippen molar-refractivity contribution in [1.82, 2.24) is 4.57 Å². The molecule has 0 N–H and O–H groups in total. The quantitative estimate of drug-likeness (QED) is 0.155. The van der Waals surface area contributed by atoms with Crippen LogP contribution >= 0.6 is 0 Å². The molecule has 0 amide bonds. The van der Waals surface area contributed by atoms with E-state index in [2.05, 4.69) is 210 Å². The highest BCUT2D eigenvalue weighted by Crippen LogP contribution is 2.95. The predicted molar refractivity (Wildman–Crippen MR) is 286 cm³/mol. The van der Waals surface area contributed by atoms with Crippen molar-refractivity contribution in [2.45, 2.75) is 62.7 Å². The van der Waals surface area contributed by atoms with Crippen LogP contribution in [0.4, 0.5) is 17.1 Å². The van der Waals surface area contributed by atoms with Crippen LogP contribution in [-0.4, -0.2) is 4.57 Å². The van der Waals surface area contributed by atoms with Gasteiger partial charge in [-0.15, -0.1) is 0 Å².